The van der Waals surface area contributed by atoms with Crippen molar-refractivity contribution in [2.24, 2.45) is 0 Å². The monoisotopic (exact) mass is 197 g/mol. The van der Waals surface area contributed by atoms with Gasteiger partial charge in [0.2, 0.25) is 0 Å². The van der Waals surface area contributed by atoms with Crippen LogP contribution in [0.2, 0.25) is 0 Å². The Morgan fingerprint density at radius 1 is 1.60 bits per heavy atom. The third-order valence-corrected chi connectivity index (χ3v) is 0.333. The summed E-state index contributed by atoms with van der Waals surface area (Å²) in [5.41, 5.74) is 0. The standard InChI is InChI=1S/C3H6O2.C2H4O2.Cu/c1-2-3(4)5;1-2(3)4;/h3H,2H2,1H3;1H3,(H,3,4);/q-2;;+2. The van der Waals surface area contributed by atoms with Crippen LogP contribution >= 0.6 is 0 Å². The molecule has 1 N–H and O–H groups in total. The second kappa shape index (κ2) is 11.7. The van der Waals surface area contributed by atoms with Gasteiger partial charge in [0.25, 0.3) is 5.97 Å². The van der Waals surface area contributed by atoms with Gasteiger partial charge in [-0.25, -0.2) is 6.29 Å². The van der Waals surface area contributed by atoms with Gasteiger partial charge in [-0.3, -0.25) is 4.79 Å². The zero-order chi connectivity index (χ0) is 7.86. The van der Waals surface area contributed by atoms with Crippen molar-refractivity contribution >= 4 is 5.97 Å². The van der Waals surface area contributed by atoms with Gasteiger partial charge in [0, 0.05) is 6.92 Å². The van der Waals surface area contributed by atoms with Gasteiger partial charge in [-0.15, -0.1) is 0 Å². The molecular formula is C5H10CuO4. The van der Waals surface area contributed by atoms with E-state index in [1.807, 2.05) is 0 Å². The fraction of sp³-hybridized carbons (Fsp3) is 0.800. The molecule has 0 aliphatic rings. The number of carboxylic acids is 1. The normalized spacial score (nSPS) is 7.30. The topological polar surface area (TPSA) is 83.4 Å². The van der Waals surface area contributed by atoms with E-state index >= 15 is 0 Å². The van der Waals surface area contributed by atoms with Gasteiger partial charge in [-0.2, -0.15) is 0 Å². The van der Waals surface area contributed by atoms with Crippen LogP contribution in [0.4, 0.5) is 0 Å². The molecule has 5 heteroatoms. The average molecular weight is 198 g/mol. The maximum absolute atomic E-state index is 9.34. The first-order chi connectivity index (χ1) is 4.00. The van der Waals surface area contributed by atoms with Crippen LogP contribution in [0.15, 0.2) is 0 Å². The number of aliphatic carboxylic acids is 1. The average Bonchev–Trinajstić information content (AvgIpc) is 1.65. The molecule has 0 bridgehead atoms. The summed E-state index contributed by atoms with van der Waals surface area (Å²) in [6.07, 6.45) is -1.42. The van der Waals surface area contributed by atoms with E-state index in [1.54, 1.807) is 6.92 Å². The van der Waals surface area contributed by atoms with Crippen molar-refractivity contribution in [1.29, 1.82) is 0 Å². The van der Waals surface area contributed by atoms with Crippen LogP contribution in [0.3, 0.4) is 0 Å². The molecule has 0 atom stereocenters. The number of hydrogen-bond donors (Lipinski definition) is 1. The zero-order valence-corrected chi connectivity index (χ0v) is 6.70. The summed E-state index contributed by atoms with van der Waals surface area (Å²) < 4.78 is 0. The number of carbonyl (C=O) groups is 1. The van der Waals surface area contributed by atoms with Gasteiger partial charge in [0.1, 0.15) is 0 Å². The minimum atomic E-state index is -1.62. The molecule has 4 nitrogen and oxygen atoms in total. The smallest absolute Gasteiger partial charge is 0.865 e. The maximum atomic E-state index is 9.34. The van der Waals surface area contributed by atoms with Crippen molar-refractivity contribution in [3.05, 3.63) is 0 Å². The molecule has 0 rings (SSSR count). The van der Waals surface area contributed by atoms with Gasteiger partial charge in [0.05, 0.1) is 0 Å². The second-order valence-electron chi connectivity index (χ2n) is 1.36. The Hall–Kier alpha value is -0.0905. The van der Waals surface area contributed by atoms with E-state index in [0.717, 1.165) is 6.92 Å². The molecule has 0 heterocycles. The van der Waals surface area contributed by atoms with Crippen molar-refractivity contribution in [1.82, 2.24) is 0 Å². The van der Waals surface area contributed by atoms with E-state index < -0.39 is 12.3 Å². The fourth-order valence-electron chi connectivity index (χ4n) is 0. The summed E-state index contributed by atoms with van der Waals surface area (Å²) in [7, 11) is 0. The van der Waals surface area contributed by atoms with Gasteiger partial charge in [-0.05, 0) is 0 Å². The predicted molar refractivity (Wildman–Crippen MR) is 27.4 cm³/mol. The van der Waals surface area contributed by atoms with E-state index in [0.29, 0.717) is 0 Å². The van der Waals surface area contributed by atoms with E-state index in [1.165, 1.54) is 0 Å². The van der Waals surface area contributed by atoms with E-state index in [-0.39, 0.29) is 23.5 Å². The first kappa shape index (κ1) is 16.5. The summed E-state index contributed by atoms with van der Waals surface area (Å²) >= 11 is 0. The molecule has 0 aromatic carbocycles. The Morgan fingerprint density at radius 2 is 1.70 bits per heavy atom. The first-order valence-electron chi connectivity index (χ1n) is 2.51. The third-order valence-electron chi connectivity index (χ3n) is 0.333. The van der Waals surface area contributed by atoms with Crippen LogP contribution in [-0.4, -0.2) is 17.4 Å². The van der Waals surface area contributed by atoms with Crippen LogP contribution in [0, 0.1) is 0 Å². The second-order valence-corrected chi connectivity index (χ2v) is 1.36. The molecule has 0 aliphatic heterocycles. The Labute approximate surface area is 70.3 Å². The predicted octanol–water partition coefficient (Wildman–Crippen LogP) is -1.47. The number of rotatable bonds is 1. The molecule has 0 unspecified atom stereocenters. The molecule has 0 amide bonds. The zero-order valence-electron chi connectivity index (χ0n) is 5.76. The first-order valence-corrected chi connectivity index (χ1v) is 2.51. The van der Waals surface area contributed by atoms with E-state index in [4.69, 9.17) is 9.90 Å². The van der Waals surface area contributed by atoms with Crippen molar-refractivity contribution in [2.45, 2.75) is 26.6 Å². The molecule has 0 saturated heterocycles. The van der Waals surface area contributed by atoms with Crippen LogP contribution in [-0.2, 0) is 21.9 Å². The van der Waals surface area contributed by atoms with Crippen LogP contribution in [0.25, 0.3) is 0 Å². The SMILES string of the molecule is CC(=O)O.CCC([O-])[O-].[Cu+2]. The summed E-state index contributed by atoms with van der Waals surface area (Å²) in [5, 5.41) is 26.1. The summed E-state index contributed by atoms with van der Waals surface area (Å²) in [6.45, 7) is 2.66. The molecule has 0 saturated carbocycles. The van der Waals surface area contributed by atoms with Crippen molar-refractivity contribution < 1.29 is 37.2 Å². The molecule has 0 aromatic rings. The van der Waals surface area contributed by atoms with Gasteiger partial charge >= 0.3 is 17.1 Å². The number of hydrogen-bond acceptors (Lipinski definition) is 3. The molecule has 0 aromatic heterocycles. The summed E-state index contributed by atoms with van der Waals surface area (Å²) in [6, 6.07) is 0. The van der Waals surface area contributed by atoms with Gasteiger partial charge < -0.3 is 15.3 Å². The molecule has 10 heavy (non-hydrogen) atoms. The molecular weight excluding hydrogens is 188 g/mol. The minimum absolute atomic E-state index is 0. The van der Waals surface area contributed by atoms with Crippen molar-refractivity contribution in [3.8, 4) is 0 Å². The third kappa shape index (κ3) is 104. The largest absolute Gasteiger partial charge is 2.00 e. The van der Waals surface area contributed by atoms with Crippen molar-refractivity contribution in [3.63, 3.8) is 0 Å². The van der Waals surface area contributed by atoms with Crippen molar-refractivity contribution in [2.75, 3.05) is 0 Å². The Balaban J connectivity index is -0.0000000910. The molecule has 0 fully saturated rings. The summed E-state index contributed by atoms with van der Waals surface area (Å²) in [4.78, 5) is 9.00. The van der Waals surface area contributed by atoms with Crippen LogP contribution < -0.4 is 10.2 Å². The van der Waals surface area contributed by atoms with E-state index in [9.17, 15) is 10.2 Å². The minimum Gasteiger partial charge on any atom is -0.865 e. The maximum Gasteiger partial charge on any atom is 2.00 e. The van der Waals surface area contributed by atoms with Crippen LogP contribution in [0.1, 0.15) is 20.3 Å². The summed E-state index contributed by atoms with van der Waals surface area (Å²) in [5.74, 6) is -0.833. The Kier molecular flexibility index (Phi) is 19.2. The van der Waals surface area contributed by atoms with Gasteiger partial charge in [-0.1, -0.05) is 13.3 Å². The quantitative estimate of drug-likeness (QED) is 0.411. The Morgan fingerprint density at radius 3 is 1.70 bits per heavy atom. The van der Waals surface area contributed by atoms with Crippen LogP contribution in [0.5, 0.6) is 0 Å². The molecule has 65 valence electrons. The molecule has 1 radical (unpaired) electrons. The fourth-order valence-corrected chi connectivity index (χ4v) is 0. The Bertz CT molecular complexity index is 70.0. The van der Waals surface area contributed by atoms with E-state index in [2.05, 4.69) is 0 Å². The molecule has 0 aliphatic carbocycles. The van der Waals surface area contributed by atoms with Gasteiger partial charge in [0.15, 0.2) is 0 Å². The number of carboxylic acid groups (broad SMARTS) is 1. The molecule has 0 spiro atoms.